The van der Waals surface area contributed by atoms with Crippen LogP contribution in [0.4, 0.5) is 0 Å². The molecule has 2 aromatic rings. The van der Waals surface area contributed by atoms with Crippen molar-refractivity contribution in [3.05, 3.63) is 41.6 Å². The van der Waals surface area contributed by atoms with Gasteiger partial charge in [0.05, 0.1) is 11.9 Å². The Hall–Kier alpha value is -2.01. The zero-order chi connectivity index (χ0) is 14.7. The van der Waals surface area contributed by atoms with Crippen LogP contribution in [0.2, 0.25) is 5.02 Å². The molecule has 0 aliphatic heterocycles. The molecule has 0 aliphatic carbocycles. The first-order valence-corrected chi connectivity index (χ1v) is 6.55. The standard InChI is InChI=1S/C14H16ClN3O2/c1-10(14(19)17(2)3)20-13-12(15)9-18(16-13)11-7-5-4-6-8-11/h4-10H,1-3H3/t10-/m0/s1. The van der Waals surface area contributed by atoms with Gasteiger partial charge >= 0.3 is 0 Å². The maximum Gasteiger partial charge on any atom is 0.262 e. The zero-order valence-corrected chi connectivity index (χ0v) is 12.3. The largest absolute Gasteiger partial charge is 0.462 e. The van der Waals surface area contributed by atoms with Crippen LogP contribution in [0.5, 0.6) is 5.88 Å². The van der Waals surface area contributed by atoms with E-state index in [1.807, 2.05) is 30.3 Å². The first kappa shape index (κ1) is 14.4. The van der Waals surface area contributed by atoms with Gasteiger partial charge in [0.2, 0.25) is 0 Å². The SMILES string of the molecule is C[C@H](Oc1nn(-c2ccccc2)cc1Cl)C(=O)N(C)C. The van der Waals surface area contributed by atoms with Gasteiger partial charge in [-0.1, -0.05) is 29.8 Å². The van der Waals surface area contributed by atoms with Crippen LogP contribution in [-0.4, -0.2) is 40.8 Å². The third kappa shape index (κ3) is 3.11. The van der Waals surface area contributed by atoms with E-state index in [2.05, 4.69) is 5.10 Å². The van der Waals surface area contributed by atoms with Crippen LogP contribution in [0.3, 0.4) is 0 Å². The van der Waals surface area contributed by atoms with Crippen molar-refractivity contribution in [2.45, 2.75) is 13.0 Å². The second-order valence-electron chi connectivity index (χ2n) is 4.56. The molecule has 20 heavy (non-hydrogen) atoms. The Kier molecular flexibility index (Phi) is 4.29. The molecule has 6 heteroatoms. The Morgan fingerprint density at radius 3 is 2.60 bits per heavy atom. The molecule has 1 aromatic carbocycles. The predicted molar refractivity (Wildman–Crippen MR) is 77.4 cm³/mol. The summed E-state index contributed by atoms with van der Waals surface area (Å²) in [6.07, 6.45) is 1.01. The lowest BCUT2D eigenvalue weighted by atomic mass is 10.3. The molecule has 2 rings (SSSR count). The number of carbonyl (C=O) groups is 1. The molecule has 1 amide bonds. The van der Waals surface area contributed by atoms with Gasteiger partial charge in [0, 0.05) is 14.1 Å². The normalized spacial score (nSPS) is 12.0. The number of carbonyl (C=O) groups excluding carboxylic acids is 1. The van der Waals surface area contributed by atoms with Crippen LogP contribution in [0.1, 0.15) is 6.92 Å². The molecule has 5 nitrogen and oxygen atoms in total. The molecule has 1 heterocycles. The Labute approximate surface area is 122 Å². The number of likely N-dealkylation sites (N-methyl/N-ethyl adjacent to an activating group) is 1. The zero-order valence-electron chi connectivity index (χ0n) is 11.6. The van der Waals surface area contributed by atoms with Crippen LogP contribution < -0.4 is 4.74 Å². The molecule has 106 valence electrons. The summed E-state index contributed by atoms with van der Waals surface area (Å²) in [7, 11) is 3.35. The number of para-hydroxylation sites is 1. The number of rotatable bonds is 4. The van der Waals surface area contributed by atoms with Crippen LogP contribution in [-0.2, 0) is 4.79 Å². The van der Waals surface area contributed by atoms with Gasteiger partial charge in [-0.25, -0.2) is 4.68 Å². The van der Waals surface area contributed by atoms with Crippen LogP contribution >= 0.6 is 11.6 Å². The summed E-state index contributed by atoms with van der Waals surface area (Å²) in [5.41, 5.74) is 0.871. The van der Waals surface area contributed by atoms with E-state index in [0.717, 1.165) is 5.69 Å². The summed E-state index contributed by atoms with van der Waals surface area (Å²) in [5.74, 6) is 0.105. The Morgan fingerprint density at radius 1 is 1.35 bits per heavy atom. The number of amides is 1. The minimum absolute atomic E-state index is 0.143. The molecular weight excluding hydrogens is 278 g/mol. The lowest BCUT2D eigenvalue weighted by Crippen LogP contribution is -2.35. The second-order valence-corrected chi connectivity index (χ2v) is 4.96. The molecule has 0 saturated heterocycles. The van der Waals surface area contributed by atoms with Gasteiger partial charge in [-0.2, -0.15) is 0 Å². The van der Waals surface area contributed by atoms with Crippen molar-refractivity contribution < 1.29 is 9.53 Å². The van der Waals surface area contributed by atoms with E-state index in [0.29, 0.717) is 5.02 Å². The molecule has 0 spiro atoms. The smallest absolute Gasteiger partial charge is 0.262 e. The van der Waals surface area contributed by atoms with Crippen molar-refractivity contribution in [3.8, 4) is 11.6 Å². The van der Waals surface area contributed by atoms with E-state index >= 15 is 0 Å². The van der Waals surface area contributed by atoms with Crippen molar-refractivity contribution in [2.24, 2.45) is 0 Å². The van der Waals surface area contributed by atoms with Gasteiger partial charge in [0.15, 0.2) is 6.10 Å². The van der Waals surface area contributed by atoms with Crippen molar-refractivity contribution in [1.82, 2.24) is 14.7 Å². The maximum atomic E-state index is 11.8. The third-order valence-electron chi connectivity index (χ3n) is 2.74. The van der Waals surface area contributed by atoms with E-state index in [9.17, 15) is 4.79 Å². The van der Waals surface area contributed by atoms with Gasteiger partial charge in [0.1, 0.15) is 5.02 Å². The fourth-order valence-corrected chi connectivity index (χ4v) is 1.89. The number of ether oxygens (including phenoxy) is 1. The fraction of sp³-hybridized carbons (Fsp3) is 0.286. The summed E-state index contributed by atoms with van der Waals surface area (Å²) in [6.45, 7) is 1.67. The lowest BCUT2D eigenvalue weighted by molar-refractivity contribution is -0.135. The quantitative estimate of drug-likeness (QED) is 0.869. The van der Waals surface area contributed by atoms with Crippen molar-refractivity contribution >= 4 is 17.5 Å². The highest BCUT2D eigenvalue weighted by Gasteiger charge is 2.20. The molecule has 0 unspecified atom stereocenters. The first-order valence-electron chi connectivity index (χ1n) is 6.17. The number of benzene rings is 1. The summed E-state index contributed by atoms with van der Waals surface area (Å²) in [5, 5.41) is 4.62. The van der Waals surface area contributed by atoms with E-state index in [1.54, 1.807) is 31.9 Å². The summed E-state index contributed by atoms with van der Waals surface area (Å²) in [6, 6.07) is 9.54. The Balaban J connectivity index is 2.18. The maximum absolute atomic E-state index is 11.8. The number of hydrogen-bond acceptors (Lipinski definition) is 3. The van der Waals surface area contributed by atoms with Gasteiger partial charge < -0.3 is 9.64 Å². The molecule has 0 fully saturated rings. The molecule has 0 N–H and O–H groups in total. The molecule has 0 saturated carbocycles. The van der Waals surface area contributed by atoms with E-state index < -0.39 is 6.10 Å². The monoisotopic (exact) mass is 293 g/mol. The van der Waals surface area contributed by atoms with Crippen molar-refractivity contribution in [2.75, 3.05) is 14.1 Å². The summed E-state index contributed by atoms with van der Waals surface area (Å²) < 4.78 is 7.13. The lowest BCUT2D eigenvalue weighted by Gasteiger charge is -2.16. The number of nitrogens with zero attached hydrogens (tertiary/aromatic N) is 3. The van der Waals surface area contributed by atoms with Gasteiger partial charge in [0.25, 0.3) is 11.8 Å². The summed E-state index contributed by atoms with van der Waals surface area (Å²) >= 11 is 6.09. The third-order valence-corrected chi connectivity index (χ3v) is 3.00. The Morgan fingerprint density at radius 2 is 2.00 bits per heavy atom. The summed E-state index contributed by atoms with van der Waals surface area (Å²) in [4.78, 5) is 13.2. The fourth-order valence-electron chi connectivity index (χ4n) is 1.71. The average Bonchev–Trinajstić information content (AvgIpc) is 2.80. The van der Waals surface area contributed by atoms with Gasteiger partial charge in [-0.15, -0.1) is 5.10 Å². The van der Waals surface area contributed by atoms with E-state index in [-0.39, 0.29) is 11.8 Å². The number of hydrogen-bond donors (Lipinski definition) is 0. The van der Waals surface area contributed by atoms with Crippen molar-refractivity contribution in [3.63, 3.8) is 0 Å². The van der Waals surface area contributed by atoms with Gasteiger partial charge in [-0.05, 0) is 19.1 Å². The average molecular weight is 294 g/mol. The minimum atomic E-state index is -0.637. The highest BCUT2D eigenvalue weighted by atomic mass is 35.5. The van der Waals surface area contributed by atoms with E-state index in [1.165, 1.54) is 4.90 Å². The van der Waals surface area contributed by atoms with Crippen LogP contribution in [0.25, 0.3) is 5.69 Å². The Bertz CT molecular complexity index is 596. The minimum Gasteiger partial charge on any atom is -0.462 e. The second kappa shape index (κ2) is 5.96. The van der Waals surface area contributed by atoms with E-state index in [4.69, 9.17) is 16.3 Å². The molecular formula is C14H16ClN3O2. The molecule has 0 aliphatic rings. The van der Waals surface area contributed by atoms with Gasteiger partial charge in [-0.3, -0.25) is 4.79 Å². The molecule has 0 bridgehead atoms. The number of aromatic nitrogens is 2. The van der Waals surface area contributed by atoms with Crippen LogP contribution in [0.15, 0.2) is 36.5 Å². The highest BCUT2D eigenvalue weighted by Crippen LogP contribution is 2.25. The van der Waals surface area contributed by atoms with Crippen molar-refractivity contribution in [1.29, 1.82) is 0 Å². The molecule has 0 radical (unpaired) electrons. The van der Waals surface area contributed by atoms with Crippen LogP contribution in [0, 0.1) is 0 Å². The number of halogens is 1. The topological polar surface area (TPSA) is 47.4 Å². The first-order chi connectivity index (χ1) is 9.49. The molecule has 1 atom stereocenters. The highest BCUT2D eigenvalue weighted by molar-refractivity contribution is 6.31. The predicted octanol–water partition coefficient (Wildman–Crippen LogP) is 2.38. The molecule has 1 aromatic heterocycles.